The third-order valence-electron chi connectivity index (χ3n) is 5.50. The SMILES string of the molecule is COC(=O)Cc1ccc(CNC(=O)Nc2cc(Cl)c(-c3ccc(CC(C)C)c(C#N)c3)c(Cl)c2)cc1. The number of anilines is 1. The van der Waals surface area contributed by atoms with Gasteiger partial charge in [0.1, 0.15) is 0 Å². The van der Waals surface area contributed by atoms with E-state index in [0.717, 1.165) is 28.7 Å². The Morgan fingerprint density at radius 1 is 1.00 bits per heavy atom. The van der Waals surface area contributed by atoms with Crippen LogP contribution in [0.5, 0.6) is 0 Å². The van der Waals surface area contributed by atoms with Gasteiger partial charge in [-0.2, -0.15) is 5.26 Å². The number of carbonyl (C=O) groups excluding carboxylic acids is 2. The summed E-state index contributed by atoms with van der Waals surface area (Å²) in [6.45, 7) is 4.51. The molecule has 0 fully saturated rings. The molecule has 0 heterocycles. The third-order valence-corrected chi connectivity index (χ3v) is 6.10. The molecule has 0 unspecified atom stereocenters. The van der Waals surface area contributed by atoms with E-state index in [4.69, 9.17) is 23.2 Å². The Balaban J connectivity index is 1.67. The topological polar surface area (TPSA) is 91.2 Å². The average molecular weight is 524 g/mol. The number of hydrogen-bond acceptors (Lipinski definition) is 4. The van der Waals surface area contributed by atoms with Crippen molar-refractivity contribution in [3.05, 3.63) is 86.9 Å². The molecule has 36 heavy (non-hydrogen) atoms. The van der Waals surface area contributed by atoms with E-state index in [-0.39, 0.29) is 12.4 Å². The number of amides is 2. The standard InChI is InChI=1S/C28H27Cl2N3O3/c1-17(2)10-20-8-9-21(12-22(20)15-31)27-24(29)13-23(14-25(27)30)33-28(35)32-16-19-6-4-18(5-7-19)11-26(34)36-3/h4-9,12-14,17H,10-11,16H2,1-3H3,(H2,32,33,35). The van der Waals surface area contributed by atoms with E-state index in [9.17, 15) is 14.9 Å². The van der Waals surface area contributed by atoms with Gasteiger partial charge >= 0.3 is 12.0 Å². The van der Waals surface area contributed by atoms with Crippen LogP contribution in [0.15, 0.2) is 54.6 Å². The Hall–Kier alpha value is -3.53. The molecule has 0 aliphatic heterocycles. The molecule has 6 nitrogen and oxygen atoms in total. The number of carbonyl (C=O) groups is 2. The molecule has 3 aromatic rings. The Kier molecular flexibility index (Phi) is 9.35. The predicted octanol–water partition coefficient (Wildman–Crippen LogP) is 6.77. The number of nitrogens with one attached hydrogen (secondary N) is 2. The van der Waals surface area contributed by atoms with Gasteiger partial charge in [-0.05, 0) is 52.8 Å². The second-order valence-electron chi connectivity index (χ2n) is 8.77. The first-order valence-electron chi connectivity index (χ1n) is 11.4. The van der Waals surface area contributed by atoms with Crippen molar-refractivity contribution in [2.75, 3.05) is 12.4 Å². The molecule has 0 spiro atoms. The quantitative estimate of drug-likeness (QED) is 0.318. The van der Waals surface area contributed by atoms with Crippen molar-refractivity contribution >= 4 is 40.9 Å². The molecule has 3 rings (SSSR count). The van der Waals surface area contributed by atoms with E-state index >= 15 is 0 Å². The Bertz CT molecular complexity index is 1280. The number of nitriles is 1. The van der Waals surface area contributed by atoms with Crippen LogP contribution in [0.1, 0.15) is 36.1 Å². The Morgan fingerprint density at radius 3 is 2.22 bits per heavy atom. The van der Waals surface area contributed by atoms with Crippen molar-refractivity contribution < 1.29 is 14.3 Å². The largest absolute Gasteiger partial charge is 0.469 e. The first-order chi connectivity index (χ1) is 17.2. The summed E-state index contributed by atoms with van der Waals surface area (Å²) in [5, 5.41) is 15.8. The summed E-state index contributed by atoms with van der Waals surface area (Å²) in [5.41, 5.74) is 5.06. The van der Waals surface area contributed by atoms with Gasteiger partial charge in [0.2, 0.25) is 0 Å². The molecule has 0 saturated carbocycles. The van der Waals surface area contributed by atoms with Gasteiger partial charge in [-0.3, -0.25) is 4.79 Å². The van der Waals surface area contributed by atoms with Gasteiger partial charge in [-0.15, -0.1) is 0 Å². The highest BCUT2D eigenvalue weighted by atomic mass is 35.5. The molecule has 8 heteroatoms. The molecule has 2 N–H and O–H groups in total. The second-order valence-corrected chi connectivity index (χ2v) is 9.59. The van der Waals surface area contributed by atoms with Crippen LogP contribution in [0.3, 0.4) is 0 Å². The lowest BCUT2D eigenvalue weighted by atomic mass is 9.94. The Morgan fingerprint density at radius 2 is 1.64 bits per heavy atom. The average Bonchev–Trinajstić information content (AvgIpc) is 2.83. The summed E-state index contributed by atoms with van der Waals surface area (Å²) in [7, 11) is 1.35. The normalized spacial score (nSPS) is 10.6. The first-order valence-corrected chi connectivity index (χ1v) is 12.2. The maximum Gasteiger partial charge on any atom is 0.319 e. The van der Waals surface area contributed by atoms with Crippen molar-refractivity contribution in [2.45, 2.75) is 33.2 Å². The van der Waals surface area contributed by atoms with Crippen LogP contribution in [0.25, 0.3) is 11.1 Å². The van der Waals surface area contributed by atoms with Crippen LogP contribution in [-0.4, -0.2) is 19.1 Å². The zero-order valence-electron chi connectivity index (χ0n) is 20.3. The number of methoxy groups -OCH3 is 1. The maximum absolute atomic E-state index is 12.4. The fourth-order valence-electron chi connectivity index (χ4n) is 3.75. The van der Waals surface area contributed by atoms with Crippen molar-refractivity contribution in [3.63, 3.8) is 0 Å². The number of rotatable bonds is 8. The third kappa shape index (κ3) is 7.24. The molecular weight excluding hydrogens is 497 g/mol. The number of urea groups is 1. The van der Waals surface area contributed by atoms with Crippen LogP contribution in [0.2, 0.25) is 10.0 Å². The highest BCUT2D eigenvalue weighted by Gasteiger charge is 2.15. The summed E-state index contributed by atoms with van der Waals surface area (Å²) >= 11 is 13.1. The van der Waals surface area contributed by atoms with Crippen molar-refractivity contribution in [1.29, 1.82) is 5.26 Å². The van der Waals surface area contributed by atoms with Gasteiger partial charge in [0.05, 0.1) is 35.2 Å². The Labute approximate surface area is 221 Å². The maximum atomic E-state index is 12.4. The molecule has 0 radical (unpaired) electrons. The van der Waals surface area contributed by atoms with Gasteiger partial charge in [-0.25, -0.2) is 4.79 Å². The first kappa shape index (κ1) is 27.1. The molecule has 186 valence electrons. The molecule has 0 atom stereocenters. The number of ether oxygens (including phenoxy) is 1. The van der Waals surface area contributed by atoms with Crippen molar-refractivity contribution in [2.24, 2.45) is 5.92 Å². The molecule has 3 aromatic carbocycles. The molecule has 0 aliphatic rings. The van der Waals surface area contributed by atoms with Crippen LogP contribution in [0, 0.1) is 17.2 Å². The molecular formula is C28H27Cl2N3O3. The molecule has 0 bridgehead atoms. The van der Waals surface area contributed by atoms with Gasteiger partial charge in [0.25, 0.3) is 0 Å². The highest BCUT2D eigenvalue weighted by molar-refractivity contribution is 6.39. The number of nitrogens with zero attached hydrogens (tertiary/aromatic N) is 1. The lowest BCUT2D eigenvalue weighted by Gasteiger charge is -2.14. The van der Waals surface area contributed by atoms with E-state index in [1.807, 2.05) is 36.4 Å². The minimum absolute atomic E-state index is 0.197. The lowest BCUT2D eigenvalue weighted by Crippen LogP contribution is -2.28. The number of esters is 1. The minimum atomic E-state index is -0.418. The van der Waals surface area contributed by atoms with E-state index in [1.54, 1.807) is 18.2 Å². The zero-order chi connectivity index (χ0) is 26.2. The summed E-state index contributed by atoms with van der Waals surface area (Å²) in [4.78, 5) is 23.8. The summed E-state index contributed by atoms with van der Waals surface area (Å²) in [5.74, 6) is 0.120. The van der Waals surface area contributed by atoms with E-state index in [2.05, 4.69) is 35.3 Å². The monoisotopic (exact) mass is 523 g/mol. The fourth-order valence-corrected chi connectivity index (χ4v) is 4.45. The molecule has 2 amide bonds. The lowest BCUT2D eigenvalue weighted by molar-refractivity contribution is -0.139. The van der Waals surface area contributed by atoms with E-state index in [1.165, 1.54) is 7.11 Å². The second kappa shape index (κ2) is 12.4. The molecule has 0 aromatic heterocycles. The van der Waals surface area contributed by atoms with Crippen LogP contribution >= 0.6 is 23.2 Å². The van der Waals surface area contributed by atoms with Crippen molar-refractivity contribution in [3.8, 4) is 17.2 Å². The highest BCUT2D eigenvalue weighted by Crippen LogP contribution is 2.38. The van der Waals surface area contributed by atoms with Gasteiger partial charge < -0.3 is 15.4 Å². The summed E-state index contributed by atoms with van der Waals surface area (Å²) in [6.07, 6.45) is 1.00. The van der Waals surface area contributed by atoms with Gasteiger partial charge in [-0.1, -0.05) is 73.4 Å². The predicted molar refractivity (Wildman–Crippen MR) is 143 cm³/mol. The van der Waals surface area contributed by atoms with Gasteiger partial charge in [0, 0.05) is 17.8 Å². The van der Waals surface area contributed by atoms with Crippen LogP contribution in [0.4, 0.5) is 10.5 Å². The van der Waals surface area contributed by atoms with E-state index < -0.39 is 6.03 Å². The number of halogens is 2. The van der Waals surface area contributed by atoms with Gasteiger partial charge in [0.15, 0.2) is 0 Å². The fraction of sp³-hybridized carbons (Fsp3) is 0.250. The summed E-state index contributed by atoms with van der Waals surface area (Å²) < 4.78 is 4.66. The number of hydrogen-bond donors (Lipinski definition) is 2. The summed E-state index contributed by atoms with van der Waals surface area (Å²) in [6, 6.07) is 18.0. The molecule has 0 saturated heterocycles. The van der Waals surface area contributed by atoms with Crippen LogP contribution < -0.4 is 10.6 Å². The van der Waals surface area contributed by atoms with E-state index in [0.29, 0.717) is 39.3 Å². The molecule has 0 aliphatic carbocycles. The van der Waals surface area contributed by atoms with Crippen LogP contribution in [-0.2, 0) is 28.9 Å². The number of benzene rings is 3. The van der Waals surface area contributed by atoms with Crippen molar-refractivity contribution in [1.82, 2.24) is 5.32 Å². The zero-order valence-corrected chi connectivity index (χ0v) is 21.8. The smallest absolute Gasteiger partial charge is 0.319 e. The minimum Gasteiger partial charge on any atom is -0.469 e.